The van der Waals surface area contributed by atoms with Crippen molar-refractivity contribution in [2.75, 3.05) is 0 Å². The van der Waals surface area contributed by atoms with Gasteiger partial charge in [-0.2, -0.15) is 21.0 Å². The van der Waals surface area contributed by atoms with Crippen LogP contribution < -0.4 is 0 Å². The second-order valence-corrected chi connectivity index (χ2v) is 18.2. The quantitative estimate of drug-likeness (QED) is 0.141. The monoisotopic (exact) mass is 975 g/mol. The molecule has 9 heteroatoms. The summed E-state index contributed by atoms with van der Waals surface area (Å²) < 4.78 is 2.28. The summed E-state index contributed by atoms with van der Waals surface area (Å²) in [5.74, 6) is 0. The first-order valence-electron chi connectivity index (χ1n) is 24.0. The molecule has 0 saturated heterocycles. The van der Waals surface area contributed by atoms with Crippen molar-refractivity contribution in [3.63, 3.8) is 0 Å². The zero-order valence-electron chi connectivity index (χ0n) is 40.6. The Morgan fingerprint density at radius 2 is 0.623 bits per heavy atom. The number of hydrogen-bond donors (Lipinski definition) is 0. The molecular formula is C68H33N9. The molecule has 0 atom stereocenters. The Balaban J connectivity index is 1.19. The molecule has 0 spiro atoms. The maximum absolute atomic E-state index is 10.0. The maximum atomic E-state index is 10.0. The van der Waals surface area contributed by atoms with Gasteiger partial charge in [0.15, 0.2) is 22.7 Å². The Morgan fingerprint density at radius 1 is 0.286 bits per heavy atom. The number of fused-ring (bicyclic) bond motifs is 3. The second kappa shape index (κ2) is 19.8. The van der Waals surface area contributed by atoms with Crippen LogP contribution in [0.3, 0.4) is 0 Å². The molecule has 0 radical (unpaired) electrons. The van der Waals surface area contributed by atoms with Crippen LogP contribution in [-0.2, 0) is 0 Å². The zero-order chi connectivity index (χ0) is 53.2. The predicted molar refractivity (Wildman–Crippen MR) is 303 cm³/mol. The number of rotatable bonds is 8. The molecule has 10 aromatic carbocycles. The Hall–Kier alpha value is -12.1. The molecule has 1 aromatic heterocycles. The van der Waals surface area contributed by atoms with Gasteiger partial charge in [-0.25, -0.2) is 19.4 Å². The van der Waals surface area contributed by atoms with Gasteiger partial charge in [-0.1, -0.05) is 78.9 Å². The molecule has 0 aliphatic carbocycles. The van der Waals surface area contributed by atoms with Gasteiger partial charge in [0, 0.05) is 27.5 Å². The first kappa shape index (κ1) is 47.3. The summed E-state index contributed by atoms with van der Waals surface area (Å²) in [4.78, 5) is 14.7. The third-order valence-corrected chi connectivity index (χ3v) is 13.6. The Morgan fingerprint density at radius 3 is 1.04 bits per heavy atom. The van der Waals surface area contributed by atoms with Gasteiger partial charge < -0.3 is 4.57 Å². The molecular weight excluding hydrogens is 943 g/mol. The number of benzene rings is 10. The van der Waals surface area contributed by atoms with Gasteiger partial charge in [0.05, 0.1) is 78.4 Å². The van der Waals surface area contributed by atoms with Crippen LogP contribution in [0.4, 0.5) is 22.7 Å². The van der Waals surface area contributed by atoms with Crippen molar-refractivity contribution in [1.82, 2.24) is 4.57 Å². The molecule has 77 heavy (non-hydrogen) atoms. The third kappa shape index (κ3) is 9.01. The molecule has 11 aromatic rings. The van der Waals surface area contributed by atoms with Crippen LogP contribution in [0.2, 0.25) is 0 Å². The molecule has 0 bridgehead atoms. The minimum Gasteiger partial charge on any atom is -0.309 e. The lowest BCUT2D eigenvalue weighted by Crippen LogP contribution is -1.97. The van der Waals surface area contributed by atoms with Gasteiger partial charge >= 0.3 is 0 Å². The summed E-state index contributed by atoms with van der Waals surface area (Å²) in [6, 6.07) is 72.3. The van der Waals surface area contributed by atoms with E-state index in [0.717, 1.165) is 83.1 Å². The highest BCUT2D eigenvalue weighted by atomic mass is 15.0. The molecule has 11 rings (SSSR count). The fourth-order valence-electron chi connectivity index (χ4n) is 10.1. The first-order valence-corrected chi connectivity index (χ1v) is 24.0. The molecule has 0 amide bonds. The van der Waals surface area contributed by atoms with E-state index >= 15 is 0 Å². The Bertz CT molecular complexity index is 4100. The maximum Gasteiger partial charge on any atom is 0.189 e. The van der Waals surface area contributed by atoms with Gasteiger partial charge in [0.25, 0.3) is 0 Å². The number of para-hydroxylation sites is 1. The molecule has 0 saturated carbocycles. The lowest BCUT2D eigenvalue weighted by atomic mass is 9.91. The van der Waals surface area contributed by atoms with E-state index in [-0.39, 0.29) is 0 Å². The highest BCUT2D eigenvalue weighted by Gasteiger charge is 2.20. The summed E-state index contributed by atoms with van der Waals surface area (Å²) >= 11 is 0. The van der Waals surface area contributed by atoms with Crippen LogP contribution in [0, 0.1) is 71.6 Å². The van der Waals surface area contributed by atoms with Gasteiger partial charge in [0.1, 0.15) is 0 Å². The number of aromatic nitrogens is 1. The van der Waals surface area contributed by atoms with E-state index in [4.69, 9.17) is 26.3 Å². The van der Waals surface area contributed by atoms with Crippen molar-refractivity contribution >= 4 is 44.6 Å². The molecule has 0 N–H and O–H groups in total. The van der Waals surface area contributed by atoms with E-state index in [1.165, 1.54) is 0 Å². The minimum atomic E-state index is 0.316. The average Bonchev–Trinajstić information content (AvgIpc) is 3.85. The largest absolute Gasteiger partial charge is 0.309 e. The highest BCUT2D eigenvalue weighted by molar-refractivity contribution is 6.12. The van der Waals surface area contributed by atoms with Crippen molar-refractivity contribution in [2.45, 2.75) is 0 Å². The van der Waals surface area contributed by atoms with Crippen LogP contribution in [0.15, 0.2) is 200 Å². The normalized spacial score (nSPS) is 10.5. The molecule has 350 valence electrons. The SMILES string of the molecule is [C-]#[N+]c1cc(C#N)cc(-c2cc(-c3cc(C#N)cc(C#N)c3)cc(-c3ccc4c(c3)c3cc(-c5cc(-c6cc(C#N)cc([N+]#[C-])c6)cc(-c6cc([N+]#[C-])cc([N+]#[C-])c6)c5)ccc3n4-c3ccccc3-c3ccccc3)c2)c1. The van der Waals surface area contributed by atoms with E-state index in [1.54, 1.807) is 72.8 Å². The number of hydrogen-bond acceptors (Lipinski definition) is 4. The smallest absolute Gasteiger partial charge is 0.189 e. The summed E-state index contributed by atoms with van der Waals surface area (Å²) in [5, 5.41) is 41.9. The van der Waals surface area contributed by atoms with Gasteiger partial charge in [-0.15, -0.1) is 0 Å². The van der Waals surface area contributed by atoms with Crippen LogP contribution >= 0.6 is 0 Å². The zero-order valence-corrected chi connectivity index (χ0v) is 40.6. The van der Waals surface area contributed by atoms with Crippen LogP contribution in [0.25, 0.3) is 125 Å². The Kier molecular flexibility index (Phi) is 12.2. The summed E-state index contributed by atoms with van der Waals surface area (Å²) in [5.41, 5.74) is 16.5. The second-order valence-electron chi connectivity index (χ2n) is 18.2. The number of nitriles is 4. The molecule has 0 aliphatic rings. The van der Waals surface area contributed by atoms with Crippen molar-refractivity contribution in [3.05, 3.63) is 268 Å². The molecule has 0 unspecified atom stereocenters. The van der Waals surface area contributed by atoms with Crippen LogP contribution in [-0.4, -0.2) is 4.57 Å². The Labute approximate surface area is 444 Å². The molecule has 1 heterocycles. The fourth-order valence-corrected chi connectivity index (χ4v) is 10.1. The number of nitrogens with zero attached hydrogens (tertiary/aromatic N) is 9. The van der Waals surface area contributed by atoms with E-state index in [1.807, 2.05) is 66.7 Å². The lowest BCUT2D eigenvalue weighted by Gasteiger charge is -2.15. The summed E-state index contributed by atoms with van der Waals surface area (Å²) in [7, 11) is 0. The standard InChI is InChI=1S/C68H33N9/c1-73-59-23-44(40-71)21-50(31-59)55-26-52(25-54(29-55)49-19-42(38-69)18-43(20-49)39-70)47-14-16-67-64(35-47)65-36-48(15-17-68(65)77(67)66-13-9-8-12-63(66)46-10-6-5-7-11-46)53-27-56(51-22-45(41-72)24-60(32-51)74-2)30-57(28-53)58-33-61(75-3)37-62(34-58)76-4/h5-37H. The van der Waals surface area contributed by atoms with E-state index in [0.29, 0.717) is 67.3 Å². The van der Waals surface area contributed by atoms with E-state index in [2.05, 4.69) is 109 Å². The van der Waals surface area contributed by atoms with Crippen molar-refractivity contribution in [2.24, 2.45) is 0 Å². The first-order chi connectivity index (χ1) is 37.7. The van der Waals surface area contributed by atoms with Crippen molar-refractivity contribution in [1.29, 1.82) is 21.0 Å². The molecule has 0 aliphatic heterocycles. The predicted octanol–water partition coefficient (Wildman–Crippen LogP) is 18.1. The van der Waals surface area contributed by atoms with Crippen molar-refractivity contribution in [3.8, 4) is 108 Å². The topological polar surface area (TPSA) is 118 Å². The molecule has 0 fully saturated rings. The lowest BCUT2D eigenvalue weighted by molar-refractivity contribution is 1.18. The van der Waals surface area contributed by atoms with Crippen molar-refractivity contribution < 1.29 is 0 Å². The third-order valence-electron chi connectivity index (χ3n) is 13.6. The fraction of sp³-hybridized carbons (Fsp3) is 0. The van der Waals surface area contributed by atoms with Gasteiger partial charge in [-0.05, 0) is 194 Å². The van der Waals surface area contributed by atoms with E-state index < -0.39 is 0 Å². The van der Waals surface area contributed by atoms with E-state index in [9.17, 15) is 21.0 Å². The highest BCUT2D eigenvalue weighted by Crippen LogP contribution is 2.43. The van der Waals surface area contributed by atoms with Crippen LogP contribution in [0.1, 0.15) is 22.3 Å². The minimum absolute atomic E-state index is 0.316. The van der Waals surface area contributed by atoms with Gasteiger partial charge in [0.2, 0.25) is 0 Å². The van der Waals surface area contributed by atoms with Crippen LogP contribution in [0.5, 0.6) is 0 Å². The summed E-state index contributed by atoms with van der Waals surface area (Å²) in [6.45, 7) is 31.3. The summed E-state index contributed by atoms with van der Waals surface area (Å²) in [6.07, 6.45) is 0. The molecule has 9 nitrogen and oxygen atoms in total. The average molecular weight is 976 g/mol. The van der Waals surface area contributed by atoms with Gasteiger partial charge in [-0.3, -0.25) is 0 Å².